The predicted octanol–water partition coefficient (Wildman–Crippen LogP) is 11.4. The molecule has 0 N–H and O–H groups in total. The molecule has 0 amide bonds. The Kier molecular flexibility index (Phi) is 11.1. The summed E-state index contributed by atoms with van der Waals surface area (Å²) in [6, 6.07) is 52.4. The number of hydrogen-bond donors (Lipinski definition) is 0. The molecule has 4 nitrogen and oxygen atoms in total. The molecule has 0 bridgehead atoms. The summed E-state index contributed by atoms with van der Waals surface area (Å²) in [4.78, 5) is 7.59. The summed E-state index contributed by atoms with van der Waals surface area (Å²) in [6.45, 7) is 0. The van der Waals surface area contributed by atoms with Crippen molar-refractivity contribution in [3.63, 3.8) is 0 Å². The lowest BCUT2D eigenvalue weighted by Gasteiger charge is -2.13. The molecule has 232 valence electrons. The lowest BCUT2D eigenvalue weighted by molar-refractivity contribution is 1.12. The van der Waals surface area contributed by atoms with E-state index in [4.69, 9.17) is 0 Å². The molecule has 0 radical (unpaired) electrons. The minimum absolute atomic E-state index is 0.455. The first kappa shape index (κ1) is 33.6. The van der Waals surface area contributed by atoms with Crippen LogP contribution in [0.1, 0.15) is 33.4 Å². The van der Waals surface area contributed by atoms with Crippen LogP contribution in [0.15, 0.2) is 173 Å². The summed E-state index contributed by atoms with van der Waals surface area (Å²) in [5, 5.41) is 39.3. The van der Waals surface area contributed by atoms with Crippen molar-refractivity contribution in [1.82, 2.24) is 0 Å². The molecular weight excluding hydrogens is 677 g/mol. The fourth-order valence-electron chi connectivity index (χ4n) is 5.03. The maximum absolute atomic E-state index is 10.3. The highest BCUT2D eigenvalue weighted by molar-refractivity contribution is 8.00. The number of hydrogen-bond acceptors (Lipinski definition) is 8. The highest BCUT2D eigenvalue weighted by Gasteiger charge is 2.15. The first-order chi connectivity index (χ1) is 24.1. The first-order valence-corrected chi connectivity index (χ1v) is 18.3. The van der Waals surface area contributed by atoms with Gasteiger partial charge in [0.15, 0.2) is 0 Å². The third kappa shape index (κ3) is 8.22. The SMILES string of the molecule is N#Cc1ccccc1Sc1ccc(Sc2cccc(Cc3cccc(Sc4ccc(Sc5ccccc5C#N)cc4)c3C#N)c2C#N)cc1. The molecule has 0 saturated carbocycles. The quantitative estimate of drug-likeness (QED) is 0.139. The average Bonchev–Trinajstić information content (AvgIpc) is 3.14. The van der Waals surface area contributed by atoms with E-state index >= 15 is 0 Å². The molecule has 0 fully saturated rings. The van der Waals surface area contributed by atoms with Gasteiger partial charge >= 0.3 is 0 Å². The molecule has 0 spiro atoms. The van der Waals surface area contributed by atoms with Crippen molar-refractivity contribution in [2.75, 3.05) is 0 Å². The molecule has 0 heterocycles. The summed E-state index contributed by atoms with van der Waals surface area (Å²) in [5.41, 5.74) is 4.22. The number of nitrogens with zero attached hydrogens (tertiary/aromatic N) is 4. The van der Waals surface area contributed by atoms with E-state index in [0.29, 0.717) is 28.7 Å². The lowest BCUT2D eigenvalue weighted by Crippen LogP contribution is -1.98. The molecule has 0 aliphatic carbocycles. The summed E-state index contributed by atoms with van der Waals surface area (Å²) in [7, 11) is 0. The van der Waals surface area contributed by atoms with Gasteiger partial charge < -0.3 is 0 Å². The molecule has 8 heteroatoms. The standard InChI is InChI=1S/C41H24N4S4/c42-24-30-7-1-3-11-38(30)46-32-15-19-34(20-16-32)48-40-13-5-9-28(36(40)26-44)23-29-10-6-14-41(37(29)27-45)49-35-21-17-33(18-22-35)47-39-12-4-2-8-31(39)25-43/h1-22H,23H2. The van der Waals surface area contributed by atoms with Crippen LogP contribution in [0, 0.1) is 45.3 Å². The first-order valence-electron chi connectivity index (χ1n) is 15.0. The molecule has 0 aliphatic heterocycles. The highest BCUT2D eigenvalue weighted by atomic mass is 32.2. The van der Waals surface area contributed by atoms with Crippen molar-refractivity contribution in [3.8, 4) is 24.3 Å². The van der Waals surface area contributed by atoms with Crippen LogP contribution in [-0.2, 0) is 6.42 Å². The van der Waals surface area contributed by atoms with Gasteiger partial charge in [-0.15, -0.1) is 0 Å². The zero-order chi connectivity index (χ0) is 34.0. The van der Waals surface area contributed by atoms with E-state index in [1.165, 1.54) is 23.5 Å². The zero-order valence-electron chi connectivity index (χ0n) is 25.8. The van der Waals surface area contributed by atoms with Crippen LogP contribution in [0.2, 0.25) is 0 Å². The third-order valence-electron chi connectivity index (χ3n) is 7.40. The van der Waals surface area contributed by atoms with Crippen LogP contribution in [0.5, 0.6) is 0 Å². The molecular formula is C41H24N4S4. The van der Waals surface area contributed by atoms with Gasteiger partial charge in [-0.2, -0.15) is 21.0 Å². The van der Waals surface area contributed by atoms with Crippen molar-refractivity contribution in [1.29, 1.82) is 21.0 Å². The van der Waals surface area contributed by atoms with Crippen molar-refractivity contribution < 1.29 is 0 Å². The second kappa shape index (κ2) is 16.2. The van der Waals surface area contributed by atoms with Gasteiger partial charge in [-0.25, -0.2) is 0 Å². The van der Waals surface area contributed by atoms with E-state index in [1.54, 1.807) is 23.5 Å². The van der Waals surface area contributed by atoms with Crippen molar-refractivity contribution >= 4 is 47.0 Å². The molecule has 0 unspecified atom stereocenters. The Morgan fingerprint density at radius 2 is 0.673 bits per heavy atom. The molecule has 6 rings (SSSR count). The molecule has 49 heavy (non-hydrogen) atoms. The Labute approximate surface area is 303 Å². The largest absolute Gasteiger partial charge is 0.192 e. The number of nitriles is 4. The normalized spacial score (nSPS) is 10.4. The predicted molar refractivity (Wildman–Crippen MR) is 197 cm³/mol. The van der Waals surface area contributed by atoms with E-state index in [0.717, 1.165) is 50.3 Å². The summed E-state index contributed by atoms with van der Waals surface area (Å²) in [6.07, 6.45) is 0.455. The van der Waals surface area contributed by atoms with Gasteiger partial charge in [0.2, 0.25) is 0 Å². The summed E-state index contributed by atoms with van der Waals surface area (Å²) >= 11 is 6.17. The number of rotatable bonds is 10. The topological polar surface area (TPSA) is 95.2 Å². The minimum atomic E-state index is 0.455. The maximum atomic E-state index is 10.3. The van der Waals surface area contributed by atoms with E-state index in [1.807, 2.05) is 133 Å². The van der Waals surface area contributed by atoms with E-state index in [-0.39, 0.29) is 0 Å². The van der Waals surface area contributed by atoms with E-state index in [2.05, 4.69) is 24.3 Å². The van der Waals surface area contributed by atoms with Crippen LogP contribution in [0.3, 0.4) is 0 Å². The van der Waals surface area contributed by atoms with Gasteiger partial charge in [0, 0.05) is 45.6 Å². The van der Waals surface area contributed by atoms with Gasteiger partial charge in [0.05, 0.1) is 22.3 Å². The Hall–Kier alpha value is -5.32. The smallest absolute Gasteiger partial charge is 0.101 e. The van der Waals surface area contributed by atoms with Gasteiger partial charge in [-0.3, -0.25) is 0 Å². The van der Waals surface area contributed by atoms with Crippen molar-refractivity contribution in [3.05, 3.63) is 167 Å². The molecule has 0 aromatic heterocycles. The average molecular weight is 701 g/mol. The second-order valence-corrected chi connectivity index (χ2v) is 15.0. The second-order valence-electron chi connectivity index (χ2n) is 10.5. The minimum Gasteiger partial charge on any atom is -0.192 e. The molecule has 0 atom stereocenters. The van der Waals surface area contributed by atoms with Gasteiger partial charge in [-0.05, 0) is 96.1 Å². The Bertz CT molecular complexity index is 2140. The van der Waals surface area contributed by atoms with Gasteiger partial charge in [-0.1, -0.05) is 95.6 Å². The fraction of sp³-hybridized carbons (Fsp3) is 0.0244. The molecule has 6 aromatic carbocycles. The summed E-state index contributed by atoms with van der Waals surface area (Å²) in [5.74, 6) is 0. The van der Waals surface area contributed by atoms with Gasteiger partial charge in [0.1, 0.15) is 24.3 Å². The molecule has 0 saturated heterocycles. The Balaban J connectivity index is 1.17. The van der Waals surface area contributed by atoms with E-state index < -0.39 is 0 Å². The highest BCUT2D eigenvalue weighted by Crippen LogP contribution is 2.38. The Morgan fingerprint density at radius 1 is 0.347 bits per heavy atom. The van der Waals surface area contributed by atoms with Crippen molar-refractivity contribution in [2.45, 2.75) is 45.6 Å². The van der Waals surface area contributed by atoms with Crippen molar-refractivity contribution in [2.24, 2.45) is 0 Å². The molecule has 0 aliphatic rings. The lowest BCUT2D eigenvalue weighted by atomic mass is 9.97. The van der Waals surface area contributed by atoms with Gasteiger partial charge in [0.25, 0.3) is 0 Å². The maximum Gasteiger partial charge on any atom is 0.101 e. The zero-order valence-corrected chi connectivity index (χ0v) is 29.1. The van der Waals surface area contributed by atoms with Crippen LogP contribution in [0.4, 0.5) is 0 Å². The van der Waals surface area contributed by atoms with Crippen LogP contribution in [0.25, 0.3) is 0 Å². The molecule has 6 aromatic rings. The fourth-order valence-corrected chi connectivity index (χ4v) is 8.73. The van der Waals surface area contributed by atoms with Crippen LogP contribution >= 0.6 is 47.0 Å². The van der Waals surface area contributed by atoms with Crippen LogP contribution < -0.4 is 0 Å². The van der Waals surface area contributed by atoms with Crippen LogP contribution in [-0.4, -0.2) is 0 Å². The van der Waals surface area contributed by atoms with E-state index in [9.17, 15) is 21.0 Å². The monoisotopic (exact) mass is 700 g/mol. The third-order valence-corrected chi connectivity index (χ3v) is 11.7. The summed E-state index contributed by atoms with van der Waals surface area (Å²) < 4.78 is 0. The Morgan fingerprint density at radius 3 is 1.02 bits per heavy atom. The number of benzene rings is 6.